The number of likely N-dealkylation sites (tertiary alicyclic amines) is 1. The number of piperidine rings is 1. The molecule has 0 bridgehead atoms. The number of benzene rings is 1. The molecule has 1 N–H and O–H groups in total. The molecule has 2 aliphatic rings. The molecule has 3 heterocycles. The lowest BCUT2D eigenvalue weighted by Crippen LogP contribution is -2.42. The normalized spacial score (nSPS) is 18.7. The zero-order chi connectivity index (χ0) is 24.4. The maximum atomic E-state index is 13.4. The standard InChI is InChI=1S/C25H32N6O4/c1-3-35-25(33)16-10-12-30(13-11-16)22(23-27-28-29-31(23)18-6-4-5-7-18)20-15-17-14-19(34-2)8-9-21(17)26-24(20)32/h8-9,14-16,18,22H,3-7,10-13H2,1-2H3,(H,26,32)/t22-/m0/s1. The van der Waals surface area contributed by atoms with Crippen LogP contribution in [-0.4, -0.2) is 62.9 Å². The third-order valence-corrected chi connectivity index (χ3v) is 7.32. The topological polar surface area (TPSA) is 115 Å². The average molecular weight is 481 g/mol. The van der Waals surface area contributed by atoms with Gasteiger partial charge in [0.25, 0.3) is 5.56 Å². The second-order valence-corrected chi connectivity index (χ2v) is 9.39. The van der Waals surface area contributed by atoms with Crippen LogP contribution in [0, 0.1) is 5.92 Å². The fourth-order valence-electron chi connectivity index (χ4n) is 5.47. The molecular weight excluding hydrogens is 448 g/mol. The predicted molar refractivity (Wildman–Crippen MR) is 129 cm³/mol. The number of rotatable bonds is 7. The van der Waals surface area contributed by atoms with Gasteiger partial charge < -0.3 is 14.5 Å². The molecule has 10 nitrogen and oxygen atoms in total. The Morgan fingerprint density at radius 1 is 1.17 bits per heavy atom. The van der Waals surface area contributed by atoms with Crippen molar-refractivity contribution in [2.75, 3.05) is 26.8 Å². The lowest BCUT2D eigenvalue weighted by Gasteiger charge is -2.36. The minimum Gasteiger partial charge on any atom is -0.497 e. The van der Waals surface area contributed by atoms with Gasteiger partial charge in [-0.15, -0.1) is 5.10 Å². The van der Waals surface area contributed by atoms with Gasteiger partial charge in [0, 0.05) is 29.6 Å². The van der Waals surface area contributed by atoms with Crippen molar-refractivity contribution in [2.45, 2.75) is 57.5 Å². The second-order valence-electron chi connectivity index (χ2n) is 9.39. The van der Waals surface area contributed by atoms with Crippen molar-refractivity contribution >= 4 is 16.9 Å². The molecule has 0 radical (unpaired) electrons. The summed E-state index contributed by atoms with van der Waals surface area (Å²) in [6.45, 7) is 3.49. The minimum atomic E-state index is -0.423. The maximum Gasteiger partial charge on any atom is 0.309 e. The summed E-state index contributed by atoms with van der Waals surface area (Å²) < 4.78 is 12.6. The quantitative estimate of drug-likeness (QED) is 0.513. The molecule has 35 heavy (non-hydrogen) atoms. The van der Waals surface area contributed by atoms with Crippen LogP contribution in [0.15, 0.2) is 29.1 Å². The monoisotopic (exact) mass is 480 g/mol. The van der Waals surface area contributed by atoms with Crippen LogP contribution in [0.25, 0.3) is 10.9 Å². The van der Waals surface area contributed by atoms with Crippen LogP contribution in [0.4, 0.5) is 0 Å². The summed E-state index contributed by atoms with van der Waals surface area (Å²) in [4.78, 5) is 31.0. The van der Waals surface area contributed by atoms with Gasteiger partial charge in [0.15, 0.2) is 5.82 Å². The Morgan fingerprint density at radius 3 is 2.66 bits per heavy atom. The number of nitrogens with zero attached hydrogens (tertiary/aromatic N) is 5. The Bertz CT molecular complexity index is 1240. The Hall–Kier alpha value is -3.27. The Kier molecular flexibility index (Phi) is 6.81. The zero-order valence-corrected chi connectivity index (χ0v) is 20.3. The summed E-state index contributed by atoms with van der Waals surface area (Å²) in [6, 6.07) is 7.33. The molecule has 0 spiro atoms. The number of aromatic amines is 1. The molecule has 2 fully saturated rings. The summed E-state index contributed by atoms with van der Waals surface area (Å²) in [5.41, 5.74) is 1.17. The third kappa shape index (κ3) is 4.67. The van der Waals surface area contributed by atoms with Gasteiger partial charge in [0.05, 0.1) is 25.7 Å². The Balaban J connectivity index is 1.55. The van der Waals surface area contributed by atoms with E-state index in [4.69, 9.17) is 9.47 Å². The average Bonchev–Trinajstić information content (AvgIpc) is 3.57. The third-order valence-electron chi connectivity index (χ3n) is 7.32. The fraction of sp³-hybridized carbons (Fsp3) is 0.560. The first-order valence-corrected chi connectivity index (χ1v) is 12.5. The number of carbonyl (C=O) groups is 1. The number of fused-ring (bicyclic) bond motifs is 1. The first-order chi connectivity index (χ1) is 17.1. The van der Waals surface area contributed by atoms with Crippen molar-refractivity contribution in [3.63, 3.8) is 0 Å². The molecule has 186 valence electrons. The molecular formula is C25H32N6O4. The summed E-state index contributed by atoms with van der Waals surface area (Å²) in [6.07, 6.45) is 5.69. The van der Waals surface area contributed by atoms with Gasteiger partial charge in [-0.25, -0.2) is 4.68 Å². The first-order valence-electron chi connectivity index (χ1n) is 12.5. The van der Waals surface area contributed by atoms with Gasteiger partial charge in [-0.1, -0.05) is 12.8 Å². The molecule has 1 saturated heterocycles. The van der Waals surface area contributed by atoms with E-state index < -0.39 is 6.04 Å². The molecule has 1 aromatic carbocycles. The zero-order valence-electron chi connectivity index (χ0n) is 20.3. The van der Waals surface area contributed by atoms with Crippen molar-refractivity contribution < 1.29 is 14.3 Å². The van der Waals surface area contributed by atoms with Crippen molar-refractivity contribution in [3.8, 4) is 5.75 Å². The SMILES string of the molecule is CCOC(=O)C1CCN([C@@H](c2cc3cc(OC)ccc3[nH]c2=O)c2nnnn2C2CCCC2)CC1. The Labute approximate surface area is 203 Å². The van der Waals surface area contributed by atoms with Crippen LogP contribution in [0.5, 0.6) is 5.75 Å². The van der Waals surface area contributed by atoms with E-state index in [0.717, 1.165) is 42.3 Å². The maximum absolute atomic E-state index is 13.4. The van der Waals surface area contributed by atoms with Crippen molar-refractivity contribution in [1.29, 1.82) is 0 Å². The molecule has 1 atom stereocenters. The highest BCUT2D eigenvalue weighted by atomic mass is 16.5. The number of H-pyrrole nitrogens is 1. The smallest absolute Gasteiger partial charge is 0.309 e. The van der Waals surface area contributed by atoms with Crippen LogP contribution in [0.3, 0.4) is 0 Å². The van der Waals surface area contributed by atoms with Gasteiger partial charge in [-0.05, 0) is 67.3 Å². The van der Waals surface area contributed by atoms with E-state index in [2.05, 4.69) is 25.4 Å². The van der Waals surface area contributed by atoms with Crippen molar-refractivity contribution in [1.82, 2.24) is 30.1 Å². The summed E-state index contributed by atoms with van der Waals surface area (Å²) in [7, 11) is 1.63. The molecule has 0 unspecified atom stereocenters. The first kappa shape index (κ1) is 23.5. The van der Waals surface area contributed by atoms with E-state index in [9.17, 15) is 9.59 Å². The molecule has 0 amide bonds. The number of hydrogen-bond donors (Lipinski definition) is 1. The number of aromatic nitrogens is 5. The van der Waals surface area contributed by atoms with Crippen LogP contribution >= 0.6 is 0 Å². The number of hydrogen-bond acceptors (Lipinski definition) is 8. The van der Waals surface area contributed by atoms with Gasteiger partial charge in [-0.3, -0.25) is 14.5 Å². The van der Waals surface area contributed by atoms with Gasteiger partial charge >= 0.3 is 5.97 Å². The number of pyridine rings is 1. The summed E-state index contributed by atoms with van der Waals surface area (Å²) in [5.74, 6) is 1.13. The van der Waals surface area contributed by atoms with Gasteiger partial charge in [0.2, 0.25) is 0 Å². The minimum absolute atomic E-state index is 0.128. The number of esters is 1. The van der Waals surface area contributed by atoms with Crippen molar-refractivity contribution in [2.24, 2.45) is 5.92 Å². The molecule has 10 heteroatoms. The number of tetrazole rings is 1. The number of nitrogens with one attached hydrogen (secondary N) is 1. The van der Waals surface area contributed by atoms with Crippen LogP contribution in [0.2, 0.25) is 0 Å². The molecule has 1 aliphatic heterocycles. The van der Waals surface area contributed by atoms with Gasteiger partial charge in [0.1, 0.15) is 11.8 Å². The van der Waals surface area contributed by atoms with E-state index in [1.165, 1.54) is 0 Å². The molecule has 3 aromatic rings. The van der Waals surface area contributed by atoms with Crippen LogP contribution < -0.4 is 10.3 Å². The fourth-order valence-corrected chi connectivity index (χ4v) is 5.47. The number of methoxy groups -OCH3 is 1. The molecule has 5 rings (SSSR count). The lowest BCUT2D eigenvalue weighted by molar-refractivity contribution is -0.149. The van der Waals surface area contributed by atoms with E-state index in [1.807, 2.05) is 35.9 Å². The summed E-state index contributed by atoms with van der Waals surface area (Å²) >= 11 is 0. The molecule has 2 aromatic heterocycles. The number of carbonyl (C=O) groups excluding carboxylic acids is 1. The highest BCUT2D eigenvalue weighted by Crippen LogP contribution is 2.35. The van der Waals surface area contributed by atoms with E-state index in [0.29, 0.717) is 43.9 Å². The largest absolute Gasteiger partial charge is 0.497 e. The molecule has 1 aliphatic carbocycles. The predicted octanol–water partition coefficient (Wildman–Crippen LogP) is 3.00. The highest BCUT2D eigenvalue weighted by Gasteiger charge is 2.36. The van der Waals surface area contributed by atoms with E-state index >= 15 is 0 Å². The number of ether oxygens (including phenoxy) is 2. The van der Waals surface area contributed by atoms with Crippen LogP contribution in [-0.2, 0) is 9.53 Å². The Morgan fingerprint density at radius 2 is 1.94 bits per heavy atom. The van der Waals surface area contributed by atoms with Crippen molar-refractivity contribution in [3.05, 3.63) is 46.0 Å². The van der Waals surface area contributed by atoms with E-state index in [1.54, 1.807) is 7.11 Å². The van der Waals surface area contributed by atoms with Gasteiger partial charge in [-0.2, -0.15) is 0 Å². The van der Waals surface area contributed by atoms with Crippen LogP contribution in [0.1, 0.15) is 68.9 Å². The lowest BCUT2D eigenvalue weighted by atomic mass is 9.93. The summed E-state index contributed by atoms with van der Waals surface area (Å²) in [5, 5.41) is 13.7. The second kappa shape index (κ2) is 10.2. The van der Waals surface area contributed by atoms with E-state index in [-0.39, 0.29) is 23.5 Å². The highest BCUT2D eigenvalue weighted by molar-refractivity contribution is 5.80. The molecule has 1 saturated carbocycles.